The second-order valence-electron chi connectivity index (χ2n) is 4.03. The van der Waals surface area contributed by atoms with Gasteiger partial charge in [-0.15, -0.1) is 0 Å². The first kappa shape index (κ1) is 12.2. The molecule has 1 saturated heterocycles. The van der Waals surface area contributed by atoms with E-state index in [2.05, 4.69) is 16.8 Å². The zero-order valence-electron chi connectivity index (χ0n) is 9.80. The number of thioether (sulfide) groups is 1. The first-order chi connectivity index (χ1) is 8.20. The highest BCUT2D eigenvalue weighted by Crippen LogP contribution is 2.24. The quantitative estimate of drug-likeness (QED) is 0.893. The number of carboxylic acids is 1. The van der Waals surface area contributed by atoms with E-state index in [-0.39, 0.29) is 5.69 Å². The SMILES string of the molecule is CCC1CN(c2cccc(C(=O)O)n2)CCS1. The second kappa shape index (κ2) is 5.40. The van der Waals surface area contributed by atoms with Gasteiger partial charge in [0.1, 0.15) is 5.82 Å². The van der Waals surface area contributed by atoms with Crippen LogP contribution in [0.5, 0.6) is 0 Å². The Morgan fingerprint density at radius 1 is 1.65 bits per heavy atom. The Morgan fingerprint density at radius 2 is 2.47 bits per heavy atom. The lowest BCUT2D eigenvalue weighted by molar-refractivity contribution is 0.0690. The van der Waals surface area contributed by atoms with Gasteiger partial charge < -0.3 is 10.0 Å². The average molecular weight is 252 g/mol. The number of carboxylic acid groups (broad SMARTS) is 1. The van der Waals surface area contributed by atoms with Crippen LogP contribution in [0.3, 0.4) is 0 Å². The normalized spacial score (nSPS) is 20.3. The van der Waals surface area contributed by atoms with Crippen LogP contribution in [0.4, 0.5) is 5.82 Å². The molecule has 1 aromatic rings. The van der Waals surface area contributed by atoms with Gasteiger partial charge in [-0.05, 0) is 18.6 Å². The fraction of sp³-hybridized carbons (Fsp3) is 0.500. The number of hydrogen-bond donors (Lipinski definition) is 1. The molecule has 0 radical (unpaired) electrons. The highest BCUT2D eigenvalue weighted by molar-refractivity contribution is 8.00. The van der Waals surface area contributed by atoms with Crippen molar-refractivity contribution in [3.63, 3.8) is 0 Å². The van der Waals surface area contributed by atoms with Gasteiger partial charge in [0.2, 0.25) is 0 Å². The van der Waals surface area contributed by atoms with Crippen molar-refractivity contribution in [2.75, 3.05) is 23.7 Å². The molecule has 17 heavy (non-hydrogen) atoms. The maximum Gasteiger partial charge on any atom is 0.354 e. The third-order valence-electron chi connectivity index (χ3n) is 2.87. The van der Waals surface area contributed by atoms with Gasteiger partial charge in [0.15, 0.2) is 5.69 Å². The third kappa shape index (κ3) is 2.91. The monoisotopic (exact) mass is 252 g/mol. The molecule has 5 heteroatoms. The molecule has 4 nitrogen and oxygen atoms in total. The summed E-state index contributed by atoms with van der Waals surface area (Å²) in [5.41, 5.74) is 0.119. The predicted molar refractivity (Wildman–Crippen MR) is 69.9 cm³/mol. The maximum absolute atomic E-state index is 10.9. The van der Waals surface area contributed by atoms with Crippen LogP contribution >= 0.6 is 11.8 Å². The van der Waals surface area contributed by atoms with E-state index in [4.69, 9.17) is 5.11 Å². The first-order valence-electron chi connectivity index (χ1n) is 5.77. The molecule has 0 spiro atoms. The lowest BCUT2D eigenvalue weighted by Gasteiger charge is -2.32. The molecule has 2 rings (SSSR count). The summed E-state index contributed by atoms with van der Waals surface area (Å²) in [6.07, 6.45) is 1.14. The van der Waals surface area contributed by atoms with Crippen molar-refractivity contribution >= 4 is 23.5 Å². The summed E-state index contributed by atoms with van der Waals surface area (Å²) < 4.78 is 0. The standard InChI is InChI=1S/C12H16N2O2S/c1-2-9-8-14(6-7-17-9)11-5-3-4-10(13-11)12(15)16/h3-5,9H,2,6-8H2,1H3,(H,15,16). The number of carbonyl (C=O) groups is 1. The van der Waals surface area contributed by atoms with Gasteiger partial charge in [-0.25, -0.2) is 9.78 Å². The molecule has 1 fully saturated rings. The summed E-state index contributed by atoms with van der Waals surface area (Å²) in [4.78, 5) is 17.2. The molecule has 1 atom stereocenters. The maximum atomic E-state index is 10.9. The van der Waals surface area contributed by atoms with Crippen LogP contribution in [0.2, 0.25) is 0 Å². The van der Waals surface area contributed by atoms with E-state index < -0.39 is 5.97 Å². The van der Waals surface area contributed by atoms with E-state index in [1.54, 1.807) is 6.07 Å². The van der Waals surface area contributed by atoms with Crippen LogP contribution in [-0.4, -0.2) is 40.2 Å². The highest BCUT2D eigenvalue weighted by Gasteiger charge is 2.20. The number of rotatable bonds is 3. The molecular weight excluding hydrogens is 236 g/mol. The van der Waals surface area contributed by atoms with E-state index in [9.17, 15) is 4.79 Å². The summed E-state index contributed by atoms with van der Waals surface area (Å²) in [6.45, 7) is 4.08. The van der Waals surface area contributed by atoms with E-state index in [0.717, 1.165) is 31.1 Å². The molecule has 0 aliphatic carbocycles. The van der Waals surface area contributed by atoms with Crippen molar-refractivity contribution in [1.82, 2.24) is 4.98 Å². The lowest BCUT2D eigenvalue weighted by atomic mass is 10.2. The van der Waals surface area contributed by atoms with Crippen LogP contribution < -0.4 is 4.90 Å². The van der Waals surface area contributed by atoms with Gasteiger partial charge in [0, 0.05) is 24.1 Å². The number of anilines is 1. The van der Waals surface area contributed by atoms with E-state index in [1.165, 1.54) is 6.07 Å². The molecule has 1 aliphatic heterocycles. The summed E-state index contributed by atoms with van der Waals surface area (Å²) in [5, 5.41) is 9.54. The molecular formula is C12H16N2O2S. The van der Waals surface area contributed by atoms with Gasteiger partial charge in [0.25, 0.3) is 0 Å². The zero-order chi connectivity index (χ0) is 12.3. The molecule has 1 aromatic heterocycles. The Hall–Kier alpha value is -1.23. The molecule has 0 aromatic carbocycles. The van der Waals surface area contributed by atoms with E-state index in [1.807, 2.05) is 17.8 Å². The number of nitrogens with zero attached hydrogens (tertiary/aromatic N) is 2. The zero-order valence-corrected chi connectivity index (χ0v) is 10.6. The van der Waals surface area contributed by atoms with Crippen molar-refractivity contribution in [2.45, 2.75) is 18.6 Å². The topological polar surface area (TPSA) is 53.4 Å². The van der Waals surface area contributed by atoms with E-state index in [0.29, 0.717) is 5.25 Å². The molecule has 1 aliphatic rings. The Morgan fingerprint density at radius 3 is 3.18 bits per heavy atom. The Labute approximate surface area is 105 Å². The van der Waals surface area contributed by atoms with Gasteiger partial charge in [0.05, 0.1) is 0 Å². The van der Waals surface area contributed by atoms with Gasteiger partial charge >= 0.3 is 5.97 Å². The van der Waals surface area contributed by atoms with Crippen LogP contribution in [0.15, 0.2) is 18.2 Å². The summed E-state index contributed by atoms with van der Waals surface area (Å²) in [7, 11) is 0. The van der Waals surface area contributed by atoms with Crippen LogP contribution in [0.1, 0.15) is 23.8 Å². The van der Waals surface area contributed by atoms with Crippen molar-refractivity contribution in [3.8, 4) is 0 Å². The van der Waals surface area contributed by atoms with Crippen LogP contribution in [-0.2, 0) is 0 Å². The highest BCUT2D eigenvalue weighted by atomic mass is 32.2. The van der Waals surface area contributed by atoms with Crippen LogP contribution in [0.25, 0.3) is 0 Å². The van der Waals surface area contributed by atoms with Crippen molar-refractivity contribution in [3.05, 3.63) is 23.9 Å². The Bertz CT molecular complexity index is 411. The summed E-state index contributed by atoms with van der Waals surface area (Å²) in [5.74, 6) is 0.895. The third-order valence-corrected chi connectivity index (χ3v) is 4.24. The fourth-order valence-electron chi connectivity index (χ4n) is 1.89. The largest absolute Gasteiger partial charge is 0.477 e. The molecule has 0 amide bonds. The smallest absolute Gasteiger partial charge is 0.354 e. The van der Waals surface area contributed by atoms with Crippen molar-refractivity contribution < 1.29 is 9.90 Å². The minimum Gasteiger partial charge on any atom is -0.477 e. The Balaban J connectivity index is 2.16. The molecule has 0 saturated carbocycles. The van der Waals surface area contributed by atoms with E-state index >= 15 is 0 Å². The second-order valence-corrected chi connectivity index (χ2v) is 5.44. The fourth-order valence-corrected chi connectivity index (χ4v) is 3.07. The van der Waals surface area contributed by atoms with Crippen molar-refractivity contribution in [2.24, 2.45) is 0 Å². The van der Waals surface area contributed by atoms with Crippen molar-refractivity contribution in [1.29, 1.82) is 0 Å². The van der Waals surface area contributed by atoms with Gasteiger partial charge in [-0.1, -0.05) is 13.0 Å². The minimum atomic E-state index is -0.967. The molecule has 0 bridgehead atoms. The van der Waals surface area contributed by atoms with Crippen LogP contribution in [0, 0.1) is 0 Å². The molecule has 2 heterocycles. The number of pyridine rings is 1. The number of hydrogen-bond acceptors (Lipinski definition) is 4. The average Bonchev–Trinajstić information content (AvgIpc) is 2.39. The Kier molecular flexibility index (Phi) is 3.89. The number of aromatic carboxylic acids is 1. The summed E-state index contributed by atoms with van der Waals surface area (Å²) >= 11 is 1.99. The minimum absolute atomic E-state index is 0.119. The van der Waals surface area contributed by atoms with Gasteiger partial charge in [-0.2, -0.15) is 11.8 Å². The van der Waals surface area contributed by atoms with Gasteiger partial charge in [-0.3, -0.25) is 0 Å². The molecule has 92 valence electrons. The first-order valence-corrected chi connectivity index (χ1v) is 6.82. The summed E-state index contributed by atoms with van der Waals surface area (Å²) in [6, 6.07) is 5.17. The lowest BCUT2D eigenvalue weighted by Crippen LogP contribution is -2.38. The predicted octanol–water partition coefficient (Wildman–Crippen LogP) is 2.11. The number of aromatic nitrogens is 1. The molecule has 1 N–H and O–H groups in total. The molecule has 1 unspecified atom stereocenters.